The third kappa shape index (κ3) is 3.03. The van der Waals surface area contributed by atoms with Crippen LogP contribution in [0.15, 0.2) is 40.5 Å². The average Bonchev–Trinajstić information content (AvgIpc) is 2.41. The van der Waals surface area contributed by atoms with Crippen LogP contribution in [0.5, 0.6) is 0 Å². The van der Waals surface area contributed by atoms with Crippen LogP contribution in [0.25, 0.3) is 0 Å². The number of methoxy groups -OCH3 is 1. The fourth-order valence-electron chi connectivity index (χ4n) is 1.52. The van der Waals surface area contributed by atoms with Gasteiger partial charge in [-0.25, -0.2) is 9.78 Å². The van der Waals surface area contributed by atoms with E-state index in [2.05, 4.69) is 14.7 Å². The number of carbonyl (C=O) groups is 1. The highest BCUT2D eigenvalue weighted by Gasteiger charge is 2.11. The summed E-state index contributed by atoms with van der Waals surface area (Å²) in [6, 6.07) is 5.29. The Balaban J connectivity index is 2.26. The second-order valence-electron chi connectivity index (χ2n) is 3.79. The van der Waals surface area contributed by atoms with Crippen molar-refractivity contribution in [2.75, 3.05) is 12.8 Å². The third-order valence-corrected chi connectivity index (χ3v) is 3.52. The van der Waals surface area contributed by atoms with Gasteiger partial charge in [-0.2, -0.15) is 0 Å². The van der Waals surface area contributed by atoms with Crippen molar-refractivity contribution >= 4 is 23.4 Å². The first-order chi connectivity index (χ1) is 9.11. The molecule has 0 amide bonds. The lowest BCUT2D eigenvalue weighted by atomic mass is 10.2. The number of aromatic nitrogens is 2. The smallest absolute Gasteiger partial charge is 0.339 e. The molecule has 6 heteroatoms. The van der Waals surface area contributed by atoms with Crippen LogP contribution < -0.4 is 5.73 Å². The minimum Gasteiger partial charge on any atom is -0.465 e. The topological polar surface area (TPSA) is 78.1 Å². The number of rotatable bonds is 3. The number of pyridine rings is 2. The second kappa shape index (κ2) is 5.71. The van der Waals surface area contributed by atoms with Crippen molar-refractivity contribution in [1.82, 2.24) is 9.97 Å². The van der Waals surface area contributed by atoms with Crippen LogP contribution in [0, 0.1) is 6.92 Å². The van der Waals surface area contributed by atoms with Crippen LogP contribution in [0.1, 0.15) is 16.1 Å². The Bertz CT molecular complexity index is 617. The van der Waals surface area contributed by atoms with Crippen LogP contribution in [-0.4, -0.2) is 23.0 Å². The average molecular weight is 275 g/mol. The lowest BCUT2D eigenvalue weighted by Crippen LogP contribution is -2.05. The van der Waals surface area contributed by atoms with Gasteiger partial charge in [0.2, 0.25) is 0 Å². The Morgan fingerprint density at radius 1 is 1.37 bits per heavy atom. The molecule has 2 aromatic heterocycles. The van der Waals surface area contributed by atoms with E-state index >= 15 is 0 Å². The van der Waals surface area contributed by atoms with E-state index in [0.29, 0.717) is 16.9 Å². The van der Waals surface area contributed by atoms with Gasteiger partial charge < -0.3 is 10.5 Å². The zero-order valence-corrected chi connectivity index (χ0v) is 11.4. The number of aryl methyl sites for hydroxylation is 1. The van der Waals surface area contributed by atoms with Crippen LogP contribution in [0.4, 0.5) is 5.69 Å². The second-order valence-corrected chi connectivity index (χ2v) is 4.85. The fourth-order valence-corrected chi connectivity index (χ4v) is 2.36. The number of hydrogen-bond donors (Lipinski definition) is 1. The summed E-state index contributed by atoms with van der Waals surface area (Å²) in [4.78, 5) is 20.6. The number of carbonyl (C=O) groups excluding carboxylic acids is 1. The molecule has 0 aliphatic rings. The molecular formula is C13H13N3O2S. The molecule has 19 heavy (non-hydrogen) atoms. The van der Waals surface area contributed by atoms with Gasteiger partial charge in [-0.3, -0.25) is 4.98 Å². The Labute approximate surface area is 115 Å². The monoisotopic (exact) mass is 275 g/mol. The molecule has 0 radical (unpaired) electrons. The zero-order valence-electron chi connectivity index (χ0n) is 10.6. The predicted molar refractivity (Wildman–Crippen MR) is 73.1 cm³/mol. The highest BCUT2D eigenvalue weighted by molar-refractivity contribution is 7.99. The molecular weight excluding hydrogens is 262 g/mol. The van der Waals surface area contributed by atoms with Gasteiger partial charge in [0, 0.05) is 11.1 Å². The van der Waals surface area contributed by atoms with Gasteiger partial charge in [-0.05, 0) is 25.1 Å². The van der Waals surface area contributed by atoms with E-state index in [0.717, 1.165) is 9.92 Å². The quantitative estimate of drug-likeness (QED) is 0.866. The standard InChI is InChI=1S/C13H13N3O2S/c1-8-9(13(17)18-2)3-4-12(16-8)19-11-5-6-15-7-10(11)14/h3-7H,14H2,1-2H3. The minimum atomic E-state index is -0.384. The molecule has 0 aliphatic carbocycles. The molecule has 0 atom stereocenters. The van der Waals surface area contributed by atoms with Crippen molar-refractivity contribution in [3.63, 3.8) is 0 Å². The number of ether oxygens (including phenoxy) is 1. The number of esters is 1. The van der Waals surface area contributed by atoms with Crippen LogP contribution in [0.3, 0.4) is 0 Å². The molecule has 0 fully saturated rings. The van der Waals surface area contributed by atoms with Gasteiger partial charge in [0.25, 0.3) is 0 Å². The van der Waals surface area contributed by atoms with Gasteiger partial charge in [0.15, 0.2) is 0 Å². The highest BCUT2D eigenvalue weighted by Crippen LogP contribution is 2.30. The maximum atomic E-state index is 11.5. The molecule has 5 nitrogen and oxygen atoms in total. The number of anilines is 1. The largest absolute Gasteiger partial charge is 0.465 e. The minimum absolute atomic E-state index is 0.384. The van der Waals surface area contributed by atoms with Gasteiger partial charge >= 0.3 is 5.97 Å². The van der Waals surface area contributed by atoms with E-state index in [4.69, 9.17) is 5.73 Å². The molecule has 2 rings (SSSR count). The summed E-state index contributed by atoms with van der Waals surface area (Å²) in [6.07, 6.45) is 3.27. The molecule has 0 unspecified atom stereocenters. The lowest BCUT2D eigenvalue weighted by Gasteiger charge is -2.07. The first kappa shape index (κ1) is 13.4. The fraction of sp³-hybridized carbons (Fsp3) is 0.154. The van der Waals surface area contributed by atoms with Gasteiger partial charge in [0.05, 0.1) is 30.3 Å². The van der Waals surface area contributed by atoms with Crippen molar-refractivity contribution in [3.05, 3.63) is 41.9 Å². The molecule has 0 saturated heterocycles. The summed E-state index contributed by atoms with van der Waals surface area (Å²) in [6.45, 7) is 1.77. The maximum Gasteiger partial charge on any atom is 0.339 e. The summed E-state index contributed by atoms with van der Waals surface area (Å²) in [5, 5.41) is 0.767. The molecule has 2 N–H and O–H groups in total. The summed E-state index contributed by atoms with van der Waals surface area (Å²) < 4.78 is 4.68. The summed E-state index contributed by atoms with van der Waals surface area (Å²) in [5.74, 6) is -0.384. The zero-order chi connectivity index (χ0) is 13.8. The summed E-state index contributed by atoms with van der Waals surface area (Å²) in [7, 11) is 1.35. The Morgan fingerprint density at radius 3 is 2.79 bits per heavy atom. The molecule has 0 bridgehead atoms. The van der Waals surface area contributed by atoms with E-state index in [1.807, 2.05) is 6.07 Å². The van der Waals surface area contributed by atoms with E-state index in [9.17, 15) is 4.79 Å². The molecule has 2 aromatic rings. The highest BCUT2D eigenvalue weighted by atomic mass is 32.2. The van der Waals surface area contributed by atoms with E-state index in [-0.39, 0.29) is 5.97 Å². The van der Waals surface area contributed by atoms with E-state index in [1.165, 1.54) is 18.9 Å². The summed E-state index contributed by atoms with van der Waals surface area (Å²) in [5.41, 5.74) is 7.52. The molecule has 0 saturated carbocycles. The first-order valence-corrected chi connectivity index (χ1v) is 6.36. The van der Waals surface area contributed by atoms with Gasteiger partial charge in [0.1, 0.15) is 5.03 Å². The molecule has 0 spiro atoms. The number of nitrogens with two attached hydrogens (primary N) is 1. The maximum absolute atomic E-state index is 11.5. The lowest BCUT2D eigenvalue weighted by molar-refractivity contribution is 0.0599. The van der Waals surface area contributed by atoms with Crippen molar-refractivity contribution < 1.29 is 9.53 Å². The van der Waals surface area contributed by atoms with Crippen molar-refractivity contribution in [3.8, 4) is 0 Å². The van der Waals surface area contributed by atoms with Crippen LogP contribution in [-0.2, 0) is 4.74 Å². The van der Waals surface area contributed by atoms with Crippen molar-refractivity contribution in [1.29, 1.82) is 0 Å². The van der Waals surface area contributed by atoms with Gasteiger partial charge in [-0.1, -0.05) is 11.8 Å². The van der Waals surface area contributed by atoms with E-state index in [1.54, 1.807) is 31.5 Å². The number of nitrogen functional groups attached to an aromatic ring is 1. The Morgan fingerprint density at radius 2 is 2.16 bits per heavy atom. The molecule has 0 aromatic carbocycles. The number of hydrogen-bond acceptors (Lipinski definition) is 6. The Hall–Kier alpha value is -2.08. The third-order valence-electron chi connectivity index (χ3n) is 2.49. The van der Waals surface area contributed by atoms with Crippen molar-refractivity contribution in [2.24, 2.45) is 0 Å². The van der Waals surface area contributed by atoms with Crippen LogP contribution in [0.2, 0.25) is 0 Å². The van der Waals surface area contributed by atoms with E-state index < -0.39 is 0 Å². The predicted octanol–water partition coefficient (Wildman–Crippen LogP) is 2.31. The first-order valence-electron chi connectivity index (χ1n) is 5.55. The molecule has 98 valence electrons. The molecule has 2 heterocycles. The van der Waals surface area contributed by atoms with Crippen LogP contribution >= 0.6 is 11.8 Å². The Kier molecular flexibility index (Phi) is 4.01. The van der Waals surface area contributed by atoms with Crippen molar-refractivity contribution in [2.45, 2.75) is 16.8 Å². The SMILES string of the molecule is COC(=O)c1ccc(Sc2ccncc2N)nc1C. The number of nitrogens with zero attached hydrogens (tertiary/aromatic N) is 2. The normalized spacial score (nSPS) is 10.2. The molecule has 0 aliphatic heterocycles. The van der Waals surface area contributed by atoms with Gasteiger partial charge in [-0.15, -0.1) is 0 Å². The summed E-state index contributed by atoms with van der Waals surface area (Å²) >= 11 is 1.43.